The highest BCUT2D eigenvalue weighted by Gasteiger charge is 2.18. The molecule has 282 valence electrons. The maximum Gasteiger partial charge on any atom is 0.306 e. The predicted molar refractivity (Wildman–Crippen MR) is 208 cm³/mol. The first kappa shape index (κ1) is 46.4. The summed E-state index contributed by atoms with van der Waals surface area (Å²) in [6.45, 7) is 5.24. The number of likely N-dealkylation sites (N-methyl/N-ethyl adjacent to an activating group) is 1. The van der Waals surface area contributed by atoms with E-state index in [1.165, 1.54) is 154 Å². The molecule has 1 atom stereocenters. The Hall–Kier alpha value is -1.62. The second-order valence-electron chi connectivity index (χ2n) is 14.4. The smallest absolute Gasteiger partial charge is 0.306 e. The summed E-state index contributed by atoms with van der Waals surface area (Å²) >= 11 is 0. The van der Waals surface area contributed by atoms with Crippen molar-refractivity contribution in [3.05, 3.63) is 24.3 Å². The number of carbonyl (C=O) groups is 2. The van der Waals surface area contributed by atoms with Gasteiger partial charge in [-0.05, 0) is 78.3 Å². The topological polar surface area (TPSA) is 55.8 Å². The number of esters is 2. The molecule has 0 aliphatic rings. The molecule has 0 amide bonds. The lowest BCUT2D eigenvalue weighted by molar-refractivity contribution is -0.160. The Labute approximate surface area is 299 Å². The van der Waals surface area contributed by atoms with Crippen LogP contribution in [0.4, 0.5) is 0 Å². The van der Waals surface area contributed by atoms with E-state index in [2.05, 4.69) is 38.2 Å². The van der Waals surface area contributed by atoms with Crippen molar-refractivity contribution in [2.24, 2.45) is 0 Å². The normalized spacial score (nSPS) is 12.4. The van der Waals surface area contributed by atoms with Gasteiger partial charge in [-0.3, -0.25) is 9.59 Å². The van der Waals surface area contributed by atoms with Gasteiger partial charge in [0.2, 0.25) is 0 Å². The van der Waals surface area contributed by atoms with Crippen LogP contribution < -0.4 is 0 Å². The molecular weight excluding hydrogens is 594 g/mol. The molecule has 5 nitrogen and oxygen atoms in total. The highest BCUT2D eigenvalue weighted by molar-refractivity contribution is 5.70. The molecule has 48 heavy (non-hydrogen) atoms. The van der Waals surface area contributed by atoms with Gasteiger partial charge < -0.3 is 14.4 Å². The van der Waals surface area contributed by atoms with E-state index in [9.17, 15) is 9.59 Å². The van der Waals surface area contributed by atoms with E-state index in [4.69, 9.17) is 9.47 Å². The van der Waals surface area contributed by atoms with Gasteiger partial charge in [0.1, 0.15) is 12.7 Å². The van der Waals surface area contributed by atoms with Gasteiger partial charge in [0.15, 0.2) is 0 Å². The molecule has 0 fully saturated rings. The molecule has 0 aromatic rings. The molecule has 0 bridgehead atoms. The van der Waals surface area contributed by atoms with Crippen LogP contribution in [0, 0.1) is 0 Å². The fraction of sp³-hybridized carbons (Fsp3) is 0.860. The summed E-state index contributed by atoms with van der Waals surface area (Å²) in [5, 5.41) is 0. The van der Waals surface area contributed by atoms with Gasteiger partial charge in [0, 0.05) is 19.4 Å². The monoisotopic (exact) mass is 676 g/mol. The van der Waals surface area contributed by atoms with Crippen molar-refractivity contribution in [2.75, 3.05) is 27.2 Å². The standard InChI is InChI=1S/C43H81NO4/c1-5-7-9-11-13-15-17-19-21-23-25-27-29-31-33-35-37-42(45)47-40-41(39-44(3)4)48-43(46)38-36-34-32-30-28-26-24-22-20-18-16-14-12-10-8-6-2/h19-22,41H,5-18,23-40H2,1-4H3/b21-19-,22-20-. The number of carbonyl (C=O) groups excluding carboxylic acids is 2. The molecule has 0 aromatic heterocycles. The number of unbranched alkanes of at least 4 members (excludes halogenated alkanes) is 24. The average molecular weight is 676 g/mol. The SMILES string of the molecule is CCCCCCCC/C=C\CCCCCCCCC(=O)OCC(CN(C)C)OC(=O)CCCCCCCC/C=C\CCCCCCCC. The zero-order chi connectivity index (χ0) is 35.2. The Bertz CT molecular complexity index is 747. The predicted octanol–water partition coefficient (Wildman–Crippen LogP) is 12.9. The first-order valence-electron chi connectivity index (χ1n) is 20.8. The Kier molecular flexibility index (Phi) is 36.9. The van der Waals surface area contributed by atoms with Gasteiger partial charge in [-0.25, -0.2) is 0 Å². The maximum atomic E-state index is 12.5. The molecule has 0 aromatic carbocycles. The maximum absolute atomic E-state index is 12.5. The molecule has 0 aliphatic heterocycles. The highest BCUT2D eigenvalue weighted by atomic mass is 16.6. The minimum atomic E-state index is -0.412. The molecule has 0 saturated carbocycles. The van der Waals surface area contributed by atoms with Gasteiger partial charge in [-0.15, -0.1) is 0 Å². The lowest BCUT2D eigenvalue weighted by atomic mass is 10.1. The van der Waals surface area contributed by atoms with Crippen molar-refractivity contribution in [1.29, 1.82) is 0 Å². The number of hydrogen-bond acceptors (Lipinski definition) is 5. The summed E-state index contributed by atoms with van der Waals surface area (Å²) < 4.78 is 11.2. The van der Waals surface area contributed by atoms with Crippen LogP contribution in [-0.4, -0.2) is 50.2 Å². The van der Waals surface area contributed by atoms with E-state index < -0.39 is 6.10 Å². The van der Waals surface area contributed by atoms with Crippen molar-refractivity contribution in [3.63, 3.8) is 0 Å². The van der Waals surface area contributed by atoms with E-state index in [0.29, 0.717) is 19.4 Å². The van der Waals surface area contributed by atoms with E-state index in [1.54, 1.807) is 0 Å². The molecule has 1 unspecified atom stereocenters. The number of hydrogen-bond donors (Lipinski definition) is 0. The van der Waals surface area contributed by atoms with Gasteiger partial charge in [0.25, 0.3) is 0 Å². The Morgan fingerprint density at radius 2 is 0.812 bits per heavy atom. The van der Waals surface area contributed by atoms with Crippen LogP contribution in [0.25, 0.3) is 0 Å². The number of allylic oxidation sites excluding steroid dienone is 4. The lowest BCUT2D eigenvalue weighted by Crippen LogP contribution is -2.34. The Balaban J connectivity index is 3.75. The second kappa shape index (κ2) is 38.2. The summed E-state index contributed by atoms with van der Waals surface area (Å²) in [6, 6.07) is 0. The van der Waals surface area contributed by atoms with Gasteiger partial charge >= 0.3 is 11.9 Å². The summed E-state index contributed by atoms with van der Waals surface area (Å²) in [6.07, 6.45) is 44.9. The third-order valence-electron chi connectivity index (χ3n) is 9.08. The summed E-state index contributed by atoms with van der Waals surface area (Å²) in [5.41, 5.74) is 0. The summed E-state index contributed by atoms with van der Waals surface area (Å²) in [5.74, 6) is -0.361. The molecule has 0 heterocycles. The zero-order valence-corrected chi connectivity index (χ0v) is 32.6. The first-order chi connectivity index (χ1) is 23.5. The van der Waals surface area contributed by atoms with Crippen LogP contribution in [0.15, 0.2) is 24.3 Å². The Morgan fingerprint density at radius 1 is 0.479 bits per heavy atom. The lowest BCUT2D eigenvalue weighted by Gasteiger charge is -2.21. The van der Waals surface area contributed by atoms with Crippen LogP contribution in [0.1, 0.15) is 206 Å². The minimum Gasteiger partial charge on any atom is -0.462 e. The largest absolute Gasteiger partial charge is 0.462 e. The number of rotatable bonds is 37. The van der Waals surface area contributed by atoms with E-state index >= 15 is 0 Å². The summed E-state index contributed by atoms with van der Waals surface area (Å²) in [4.78, 5) is 26.8. The molecular formula is C43H81NO4. The van der Waals surface area contributed by atoms with E-state index in [0.717, 1.165) is 25.7 Å². The van der Waals surface area contributed by atoms with Crippen LogP contribution in [0.3, 0.4) is 0 Å². The highest BCUT2D eigenvalue weighted by Crippen LogP contribution is 2.13. The van der Waals surface area contributed by atoms with Crippen LogP contribution in [0.5, 0.6) is 0 Å². The van der Waals surface area contributed by atoms with Gasteiger partial charge in [-0.1, -0.05) is 154 Å². The molecule has 0 spiro atoms. The van der Waals surface area contributed by atoms with Gasteiger partial charge in [0.05, 0.1) is 0 Å². The Morgan fingerprint density at radius 3 is 1.19 bits per heavy atom. The average Bonchev–Trinajstić information content (AvgIpc) is 3.06. The molecule has 0 radical (unpaired) electrons. The molecule has 5 heteroatoms. The van der Waals surface area contributed by atoms with Crippen molar-refractivity contribution in [1.82, 2.24) is 4.90 Å². The van der Waals surface area contributed by atoms with Crippen molar-refractivity contribution in [2.45, 2.75) is 213 Å². The molecule has 0 rings (SSSR count). The van der Waals surface area contributed by atoms with Gasteiger partial charge in [-0.2, -0.15) is 0 Å². The van der Waals surface area contributed by atoms with E-state index in [1.807, 2.05) is 19.0 Å². The second-order valence-corrected chi connectivity index (χ2v) is 14.4. The fourth-order valence-electron chi connectivity index (χ4n) is 6.07. The van der Waals surface area contributed by atoms with Crippen molar-refractivity contribution < 1.29 is 19.1 Å². The molecule has 0 saturated heterocycles. The van der Waals surface area contributed by atoms with Crippen LogP contribution >= 0.6 is 0 Å². The molecule has 0 N–H and O–H groups in total. The number of ether oxygens (including phenoxy) is 2. The van der Waals surface area contributed by atoms with Crippen LogP contribution in [0.2, 0.25) is 0 Å². The first-order valence-corrected chi connectivity index (χ1v) is 20.8. The van der Waals surface area contributed by atoms with E-state index in [-0.39, 0.29) is 18.5 Å². The quantitative estimate of drug-likeness (QED) is 0.0373. The van der Waals surface area contributed by atoms with Crippen molar-refractivity contribution in [3.8, 4) is 0 Å². The minimum absolute atomic E-state index is 0.141. The number of nitrogens with zero attached hydrogens (tertiary/aromatic N) is 1. The zero-order valence-electron chi connectivity index (χ0n) is 32.6. The fourth-order valence-corrected chi connectivity index (χ4v) is 6.07. The van der Waals surface area contributed by atoms with Crippen molar-refractivity contribution >= 4 is 11.9 Å². The third-order valence-corrected chi connectivity index (χ3v) is 9.08. The third kappa shape index (κ3) is 37.2. The molecule has 0 aliphatic carbocycles. The summed E-state index contributed by atoms with van der Waals surface area (Å²) in [7, 11) is 3.89. The van der Waals surface area contributed by atoms with Crippen LogP contribution in [-0.2, 0) is 19.1 Å².